The second-order valence-corrected chi connectivity index (χ2v) is 3.41. The summed E-state index contributed by atoms with van der Waals surface area (Å²) in [6, 6.07) is 5.96. The third-order valence-electron chi connectivity index (χ3n) is 1.37. The van der Waals surface area contributed by atoms with Gasteiger partial charge < -0.3 is 10.2 Å². The van der Waals surface area contributed by atoms with Gasteiger partial charge in [0.2, 0.25) is 0 Å². The van der Waals surface area contributed by atoms with Crippen molar-refractivity contribution < 1.29 is 4.42 Å². The standard InChI is InChI=1S/C7H5IN2O/c8-4-1-2-6-5(3-4)10-7(9)11-6/h1-3H,(H2,9,10). The van der Waals surface area contributed by atoms with Gasteiger partial charge in [-0.15, -0.1) is 0 Å². The lowest BCUT2D eigenvalue weighted by Gasteiger charge is -1.85. The average Bonchev–Trinajstić information content (AvgIpc) is 2.27. The van der Waals surface area contributed by atoms with Crippen LogP contribution < -0.4 is 5.73 Å². The van der Waals surface area contributed by atoms with E-state index in [2.05, 4.69) is 27.6 Å². The molecular weight excluding hydrogens is 255 g/mol. The quantitative estimate of drug-likeness (QED) is 0.737. The summed E-state index contributed by atoms with van der Waals surface area (Å²) in [6.45, 7) is 0. The summed E-state index contributed by atoms with van der Waals surface area (Å²) in [6.07, 6.45) is 0. The van der Waals surface area contributed by atoms with Crippen LogP contribution in [0.15, 0.2) is 22.6 Å². The molecule has 0 aliphatic carbocycles. The van der Waals surface area contributed by atoms with Gasteiger partial charge in [-0.3, -0.25) is 0 Å². The first-order valence-electron chi connectivity index (χ1n) is 3.07. The van der Waals surface area contributed by atoms with E-state index in [1.54, 1.807) is 0 Å². The fraction of sp³-hybridized carbons (Fsp3) is 0. The number of nitrogen functional groups attached to an aromatic ring is 1. The molecule has 56 valence electrons. The molecule has 0 bridgehead atoms. The normalized spacial score (nSPS) is 10.6. The van der Waals surface area contributed by atoms with Crippen molar-refractivity contribution in [3.05, 3.63) is 21.8 Å². The molecule has 1 aromatic carbocycles. The molecule has 0 fully saturated rings. The van der Waals surface area contributed by atoms with Gasteiger partial charge in [-0.05, 0) is 40.8 Å². The number of halogens is 1. The Balaban J connectivity index is 2.82. The van der Waals surface area contributed by atoms with Crippen LogP contribution in [-0.2, 0) is 0 Å². The SMILES string of the molecule is Nc1nc2cc(I)ccc2o1. The van der Waals surface area contributed by atoms with Gasteiger partial charge in [-0.2, -0.15) is 4.98 Å². The molecule has 0 aliphatic rings. The Kier molecular flexibility index (Phi) is 1.49. The van der Waals surface area contributed by atoms with Gasteiger partial charge in [0, 0.05) is 3.57 Å². The zero-order valence-corrected chi connectivity index (χ0v) is 7.70. The zero-order valence-electron chi connectivity index (χ0n) is 5.54. The summed E-state index contributed by atoms with van der Waals surface area (Å²) < 4.78 is 6.21. The van der Waals surface area contributed by atoms with Crippen LogP contribution in [0.25, 0.3) is 11.1 Å². The van der Waals surface area contributed by atoms with Crippen molar-refractivity contribution in [3.63, 3.8) is 0 Å². The molecule has 2 rings (SSSR count). The lowest BCUT2D eigenvalue weighted by molar-refractivity contribution is 0.626. The fourth-order valence-electron chi connectivity index (χ4n) is 0.918. The van der Waals surface area contributed by atoms with E-state index in [4.69, 9.17) is 10.2 Å². The molecule has 2 aromatic rings. The predicted molar refractivity (Wildman–Crippen MR) is 51.1 cm³/mol. The number of hydrogen-bond acceptors (Lipinski definition) is 3. The Morgan fingerprint density at radius 3 is 3.09 bits per heavy atom. The minimum atomic E-state index is 0.224. The van der Waals surface area contributed by atoms with Crippen molar-refractivity contribution >= 4 is 39.7 Å². The van der Waals surface area contributed by atoms with Crippen LogP contribution in [0.2, 0.25) is 0 Å². The lowest BCUT2D eigenvalue weighted by Crippen LogP contribution is -1.80. The van der Waals surface area contributed by atoms with Gasteiger partial charge in [0.25, 0.3) is 6.01 Å². The predicted octanol–water partition coefficient (Wildman–Crippen LogP) is 2.01. The number of hydrogen-bond donors (Lipinski definition) is 1. The van der Waals surface area contributed by atoms with E-state index in [-0.39, 0.29) is 6.01 Å². The average molecular weight is 260 g/mol. The molecule has 0 saturated heterocycles. The molecule has 0 radical (unpaired) electrons. The number of oxazole rings is 1. The number of benzene rings is 1. The Morgan fingerprint density at radius 1 is 1.45 bits per heavy atom. The molecular formula is C7H5IN2O. The van der Waals surface area contributed by atoms with Crippen molar-refractivity contribution in [2.75, 3.05) is 5.73 Å². The summed E-state index contributed by atoms with van der Waals surface area (Å²) in [5.74, 6) is 0. The summed E-state index contributed by atoms with van der Waals surface area (Å²) in [4.78, 5) is 3.98. The van der Waals surface area contributed by atoms with E-state index in [9.17, 15) is 0 Å². The van der Waals surface area contributed by atoms with Crippen LogP contribution in [0, 0.1) is 3.57 Å². The van der Waals surface area contributed by atoms with Crippen molar-refractivity contribution in [2.24, 2.45) is 0 Å². The molecule has 0 atom stereocenters. The van der Waals surface area contributed by atoms with Crippen molar-refractivity contribution in [1.29, 1.82) is 0 Å². The van der Waals surface area contributed by atoms with Crippen molar-refractivity contribution in [1.82, 2.24) is 4.98 Å². The summed E-state index contributed by atoms with van der Waals surface area (Å²) in [7, 11) is 0. The number of nitrogens with two attached hydrogens (primary N) is 1. The highest BCUT2D eigenvalue weighted by Gasteiger charge is 2.00. The van der Waals surface area contributed by atoms with Gasteiger partial charge in [0.05, 0.1) is 0 Å². The van der Waals surface area contributed by atoms with Gasteiger partial charge in [-0.1, -0.05) is 0 Å². The maximum Gasteiger partial charge on any atom is 0.292 e. The van der Waals surface area contributed by atoms with Gasteiger partial charge in [0.1, 0.15) is 5.52 Å². The summed E-state index contributed by atoms with van der Waals surface area (Å²) >= 11 is 2.21. The van der Waals surface area contributed by atoms with E-state index < -0.39 is 0 Å². The lowest BCUT2D eigenvalue weighted by atomic mass is 10.3. The number of aromatic nitrogens is 1. The number of fused-ring (bicyclic) bond motifs is 1. The summed E-state index contributed by atoms with van der Waals surface area (Å²) in [5, 5.41) is 0. The third-order valence-corrected chi connectivity index (χ3v) is 2.04. The Bertz CT molecular complexity index is 396. The Hall–Kier alpha value is -0.780. The largest absolute Gasteiger partial charge is 0.424 e. The van der Waals surface area contributed by atoms with E-state index in [0.717, 1.165) is 14.7 Å². The molecule has 0 saturated carbocycles. The molecule has 0 unspecified atom stereocenters. The fourth-order valence-corrected chi connectivity index (χ4v) is 1.39. The minimum absolute atomic E-state index is 0.224. The highest BCUT2D eigenvalue weighted by molar-refractivity contribution is 14.1. The molecule has 0 amide bonds. The number of anilines is 1. The molecule has 1 heterocycles. The van der Waals surface area contributed by atoms with Gasteiger partial charge in [-0.25, -0.2) is 0 Å². The summed E-state index contributed by atoms with van der Waals surface area (Å²) in [5.41, 5.74) is 6.91. The molecule has 2 N–H and O–H groups in total. The minimum Gasteiger partial charge on any atom is -0.424 e. The zero-order chi connectivity index (χ0) is 7.84. The Labute approximate surface area is 76.7 Å². The first kappa shape index (κ1) is 6.90. The van der Waals surface area contributed by atoms with Crippen LogP contribution in [-0.4, -0.2) is 4.98 Å². The Morgan fingerprint density at radius 2 is 2.27 bits per heavy atom. The third kappa shape index (κ3) is 1.18. The van der Waals surface area contributed by atoms with E-state index >= 15 is 0 Å². The monoisotopic (exact) mass is 260 g/mol. The van der Waals surface area contributed by atoms with Crippen LogP contribution >= 0.6 is 22.6 Å². The van der Waals surface area contributed by atoms with E-state index in [1.807, 2.05) is 18.2 Å². The topological polar surface area (TPSA) is 52.0 Å². The first-order chi connectivity index (χ1) is 5.25. The smallest absolute Gasteiger partial charge is 0.292 e. The molecule has 3 nitrogen and oxygen atoms in total. The molecule has 0 spiro atoms. The van der Waals surface area contributed by atoms with E-state index in [0.29, 0.717) is 0 Å². The second-order valence-electron chi connectivity index (χ2n) is 2.16. The highest BCUT2D eigenvalue weighted by atomic mass is 127. The molecule has 11 heavy (non-hydrogen) atoms. The molecule has 4 heteroatoms. The van der Waals surface area contributed by atoms with Crippen LogP contribution in [0.3, 0.4) is 0 Å². The first-order valence-corrected chi connectivity index (χ1v) is 4.15. The van der Waals surface area contributed by atoms with E-state index in [1.165, 1.54) is 0 Å². The van der Waals surface area contributed by atoms with Gasteiger partial charge in [0.15, 0.2) is 5.58 Å². The van der Waals surface area contributed by atoms with Crippen molar-refractivity contribution in [3.8, 4) is 0 Å². The number of nitrogens with zero attached hydrogens (tertiary/aromatic N) is 1. The molecule has 1 aromatic heterocycles. The van der Waals surface area contributed by atoms with Crippen LogP contribution in [0.4, 0.5) is 6.01 Å². The van der Waals surface area contributed by atoms with Crippen molar-refractivity contribution in [2.45, 2.75) is 0 Å². The second kappa shape index (κ2) is 2.37. The maximum atomic E-state index is 5.36. The van der Waals surface area contributed by atoms with Crippen LogP contribution in [0.5, 0.6) is 0 Å². The molecule has 0 aliphatic heterocycles. The highest BCUT2D eigenvalue weighted by Crippen LogP contribution is 2.18. The maximum absolute atomic E-state index is 5.36. The van der Waals surface area contributed by atoms with Gasteiger partial charge >= 0.3 is 0 Å². The van der Waals surface area contributed by atoms with Crippen LogP contribution in [0.1, 0.15) is 0 Å². The number of rotatable bonds is 0.